The van der Waals surface area contributed by atoms with Crippen LogP contribution >= 0.6 is 11.6 Å². The molecular weight excluding hydrogens is 212 g/mol. The number of morpholine rings is 1. The Balaban J connectivity index is 1.97. The Morgan fingerprint density at radius 3 is 2.87 bits per heavy atom. The van der Waals surface area contributed by atoms with Gasteiger partial charge in [0.25, 0.3) is 0 Å². The van der Waals surface area contributed by atoms with Gasteiger partial charge in [-0.1, -0.05) is 17.7 Å². The number of ether oxygens (including phenoxy) is 1. The molecule has 0 atom stereocenters. The number of hydrogen-bond donors (Lipinski definition) is 0. The lowest BCUT2D eigenvalue weighted by Crippen LogP contribution is -2.34. The van der Waals surface area contributed by atoms with Gasteiger partial charge in [0.15, 0.2) is 0 Å². The van der Waals surface area contributed by atoms with Crippen LogP contribution in [0.3, 0.4) is 0 Å². The van der Waals surface area contributed by atoms with Crippen LogP contribution in [0.15, 0.2) is 29.3 Å². The molecule has 0 unspecified atom stereocenters. The van der Waals surface area contributed by atoms with Crippen molar-refractivity contribution >= 4 is 23.6 Å². The van der Waals surface area contributed by atoms with E-state index in [-0.39, 0.29) is 0 Å². The number of nitrogens with zero attached hydrogens (tertiary/aromatic N) is 2. The van der Waals surface area contributed by atoms with E-state index in [1.54, 1.807) is 0 Å². The van der Waals surface area contributed by atoms with E-state index in [0.29, 0.717) is 5.02 Å². The van der Waals surface area contributed by atoms with Gasteiger partial charge in [0, 0.05) is 18.1 Å². The largest absolute Gasteiger partial charge is 0.378 e. The summed E-state index contributed by atoms with van der Waals surface area (Å²) in [6.07, 6.45) is 1.86. The molecule has 2 rings (SSSR count). The Labute approximate surface area is 94.3 Å². The summed E-state index contributed by atoms with van der Waals surface area (Å²) in [6.45, 7) is 3.37. The summed E-state index contributed by atoms with van der Waals surface area (Å²) in [5, 5.41) is 0.714. The van der Waals surface area contributed by atoms with E-state index in [9.17, 15) is 0 Å². The summed E-state index contributed by atoms with van der Waals surface area (Å²) < 4.78 is 5.25. The molecule has 0 N–H and O–H groups in total. The Bertz CT molecular complexity index is 348. The molecule has 0 spiro atoms. The maximum atomic E-state index is 5.86. The number of rotatable bonds is 2. The predicted molar refractivity (Wildman–Crippen MR) is 62.0 cm³/mol. The van der Waals surface area contributed by atoms with E-state index < -0.39 is 0 Å². The molecule has 80 valence electrons. The maximum absolute atomic E-state index is 5.86. The zero-order chi connectivity index (χ0) is 10.5. The van der Waals surface area contributed by atoms with Crippen LogP contribution in [0.5, 0.6) is 0 Å². The molecule has 1 aliphatic heterocycles. The quantitative estimate of drug-likeness (QED) is 0.569. The van der Waals surface area contributed by atoms with E-state index in [1.165, 1.54) is 0 Å². The Hall–Kier alpha value is -1.06. The van der Waals surface area contributed by atoms with Gasteiger partial charge in [-0.3, -0.25) is 0 Å². The Morgan fingerprint density at radius 1 is 1.33 bits per heavy atom. The molecule has 1 fully saturated rings. The van der Waals surface area contributed by atoms with Crippen LogP contribution in [0, 0.1) is 0 Å². The first kappa shape index (κ1) is 10.5. The van der Waals surface area contributed by atoms with Crippen molar-refractivity contribution in [1.82, 2.24) is 4.90 Å². The van der Waals surface area contributed by atoms with Crippen molar-refractivity contribution < 1.29 is 4.74 Å². The third-order valence-corrected chi connectivity index (χ3v) is 2.46. The minimum absolute atomic E-state index is 0.714. The fourth-order valence-corrected chi connectivity index (χ4v) is 1.58. The molecule has 3 nitrogen and oxygen atoms in total. The molecule has 0 radical (unpaired) electrons. The van der Waals surface area contributed by atoms with Gasteiger partial charge >= 0.3 is 0 Å². The maximum Gasteiger partial charge on any atom is 0.0913 e. The third-order valence-electron chi connectivity index (χ3n) is 2.22. The van der Waals surface area contributed by atoms with Crippen molar-refractivity contribution in [2.75, 3.05) is 26.3 Å². The van der Waals surface area contributed by atoms with Gasteiger partial charge in [0.1, 0.15) is 0 Å². The molecule has 15 heavy (non-hydrogen) atoms. The van der Waals surface area contributed by atoms with Crippen LogP contribution in [-0.2, 0) is 4.74 Å². The molecule has 0 amide bonds. The zero-order valence-corrected chi connectivity index (χ0v) is 9.15. The SMILES string of the molecule is Clc1cccc(N=CN2CCOCC2)c1. The lowest BCUT2D eigenvalue weighted by Gasteiger charge is -2.24. The summed E-state index contributed by atoms with van der Waals surface area (Å²) >= 11 is 5.86. The highest BCUT2D eigenvalue weighted by Gasteiger charge is 2.05. The van der Waals surface area contributed by atoms with Crippen LogP contribution < -0.4 is 0 Å². The van der Waals surface area contributed by atoms with Crippen LogP contribution in [-0.4, -0.2) is 37.5 Å². The van der Waals surface area contributed by atoms with Crippen LogP contribution in [0.25, 0.3) is 0 Å². The van der Waals surface area contributed by atoms with Crippen molar-refractivity contribution in [3.8, 4) is 0 Å². The second kappa shape index (κ2) is 5.14. The average molecular weight is 225 g/mol. The minimum Gasteiger partial charge on any atom is -0.378 e. The summed E-state index contributed by atoms with van der Waals surface area (Å²) in [5.74, 6) is 0. The molecule has 0 bridgehead atoms. The molecule has 1 heterocycles. The van der Waals surface area contributed by atoms with Crippen molar-refractivity contribution in [2.24, 2.45) is 4.99 Å². The fourth-order valence-electron chi connectivity index (χ4n) is 1.40. The molecule has 0 saturated carbocycles. The van der Waals surface area contributed by atoms with Crippen molar-refractivity contribution in [1.29, 1.82) is 0 Å². The standard InChI is InChI=1S/C11H13ClN2O/c12-10-2-1-3-11(8-10)13-9-14-4-6-15-7-5-14/h1-3,8-9H,4-7H2. The van der Waals surface area contributed by atoms with Gasteiger partial charge in [-0.15, -0.1) is 0 Å². The van der Waals surface area contributed by atoms with Crippen LogP contribution in [0.4, 0.5) is 5.69 Å². The van der Waals surface area contributed by atoms with Gasteiger partial charge < -0.3 is 9.64 Å². The molecular formula is C11H13ClN2O. The van der Waals surface area contributed by atoms with Gasteiger partial charge in [-0.25, -0.2) is 4.99 Å². The molecule has 1 saturated heterocycles. The van der Waals surface area contributed by atoms with Crippen molar-refractivity contribution in [2.45, 2.75) is 0 Å². The van der Waals surface area contributed by atoms with E-state index >= 15 is 0 Å². The highest BCUT2D eigenvalue weighted by molar-refractivity contribution is 6.30. The van der Waals surface area contributed by atoms with E-state index in [4.69, 9.17) is 16.3 Å². The highest BCUT2D eigenvalue weighted by Crippen LogP contribution is 2.17. The lowest BCUT2D eigenvalue weighted by molar-refractivity contribution is 0.0701. The summed E-state index contributed by atoms with van der Waals surface area (Å²) in [5.41, 5.74) is 0.883. The van der Waals surface area contributed by atoms with E-state index in [2.05, 4.69) is 9.89 Å². The molecule has 1 aliphatic rings. The summed E-state index contributed by atoms with van der Waals surface area (Å²) in [6, 6.07) is 7.52. The second-order valence-electron chi connectivity index (χ2n) is 3.37. The van der Waals surface area contributed by atoms with Gasteiger partial charge in [0.05, 0.1) is 25.2 Å². The summed E-state index contributed by atoms with van der Waals surface area (Å²) in [7, 11) is 0. The first-order valence-corrected chi connectivity index (χ1v) is 5.34. The van der Waals surface area contributed by atoms with Gasteiger partial charge in [0.2, 0.25) is 0 Å². The summed E-state index contributed by atoms with van der Waals surface area (Å²) in [4.78, 5) is 6.49. The first-order valence-electron chi connectivity index (χ1n) is 4.96. The zero-order valence-electron chi connectivity index (χ0n) is 8.40. The number of benzene rings is 1. The number of aliphatic imine (C=N–C) groups is 1. The topological polar surface area (TPSA) is 24.8 Å². The van der Waals surface area contributed by atoms with Gasteiger partial charge in [-0.05, 0) is 18.2 Å². The predicted octanol–water partition coefficient (Wildman–Crippen LogP) is 2.33. The van der Waals surface area contributed by atoms with E-state index in [1.807, 2.05) is 30.6 Å². The van der Waals surface area contributed by atoms with Crippen molar-refractivity contribution in [3.63, 3.8) is 0 Å². The van der Waals surface area contributed by atoms with Gasteiger partial charge in [-0.2, -0.15) is 0 Å². The normalized spacial score (nSPS) is 17.3. The monoisotopic (exact) mass is 224 g/mol. The number of halogens is 1. The molecule has 0 aromatic heterocycles. The smallest absolute Gasteiger partial charge is 0.0913 e. The Kier molecular flexibility index (Phi) is 3.59. The number of hydrogen-bond acceptors (Lipinski definition) is 2. The minimum atomic E-state index is 0.714. The average Bonchev–Trinajstić information content (AvgIpc) is 2.28. The molecule has 1 aromatic carbocycles. The molecule has 4 heteroatoms. The lowest BCUT2D eigenvalue weighted by atomic mass is 10.3. The third kappa shape index (κ3) is 3.22. The van der Waals surface area contributed by atoms with E-state index in [0.717, 1.165) is 32.0 Å². The van der Waals surface area contributed by atoms with Crippen LogP contribution in [0.2, 0.25) is 5.02 Å². The highest BCUT2D eigenvalue weighted by atomic mass is 35.5. The molecule has 1 aromatic rings. The fraction of sp³-hybridized carbons (Fsp3) is 0.364. The van der Waals surface area contributed by atoms with Crippen LogP contribution in [0.1, 0.15) is 0 Å². The molecule has 0 aliphatic carbocycles. The second-order valence-corrected chi connectivity index (χ2v) is 3.81. The first-order chi connectivity index (χ1) is 7.34. The Morgan fingerprint density at radius 2 is 2.13 bits per heavy atom. The van der Waals surface area contributed by atoms with Crippen molar-refractivity contribution in [3.05, 3.63) is 29.3 Å².